The van der Waals surface area contributed by atoms with Crippen LogP contribution >= 0.6 is 0 Å². The number of aryl methyl sites for hydroxylation is 1. The summed E-state index contributed by atoms with van der Waals surface area (Å²) in [6.45, 7) is 8.11. The summed E-state index contributed by atoms with van der Waals surface area (Å²) < 4.78 is 39.9. The molecule has 0 amide bonds. The number of hydrogen-bond donors (Lipinski definition) is 5. The van der Waals surface area contributed by atoms with E-state index in [0.717, 1.165) is 82.9 Å². The molecule has 0 fully saturated rings. The standard InChI is InChI=1S/C25H20O4.C23H24O4.2C19H16O4/c26-25(27)23-14-13-21(28-16-18-7-2-1-3-8-18)15-24(23)29-17-20-11-6-10-19-9-4-5-12-22(19)20;1-16(2)12-13-26-19-10-11-21(23(24)25)22(14-19)27-15-18-8-5-7-17-6-3-4-9-20(17)18;1-12-9-16(20)18(19(21)22)17(10-12)23-11-14-7-4-6-13-5-2-3-8-15(13)14;1-22-15-9-10-18(17(11-15)19(20)21)23-12-14-7-4-6-13-5-2-3-8-16(13)14/h1-15H,16-17H2,(H,26,27);3-11,14,16H,12-13,15H2,1-2H3,(H,24,25);2-10,20H,11H2,1H3,(H,21,22);2-11H,12H2,1H3,(H,20,21). The quantitative estimate of drug-likeness (QED) is 0.0378. The molecule has 0 aromatic heterocycles. The molecule has 0 heterocycles. The van der Waals surface area contributed by atoms with Crippen LogP contribution in [0.25, 0.3) is 43.1 Å². The lowest BCUT2D eigenvalue weighted by Gasteiger charge is -2.14. The highest BCUT2D eigenvalue weighted by atomic mass is 16.5. The number of benzene rings is 13. The number of aromatic hydroxyl groups is 1. The van der Waals surface area contributed by atoms with Crippen LogP contribution in [0.2, 0.25) is 0 Å². The van der Waals surface area contributed by atoms with E-state index in [4.69, 9.17) is 33.2 Å². The summed E-state index contributed by atoms with van der Waals surface area (Å²) in [5, 5.41) is 56.2. The number of carbonyl (C=O) groups is 4. The average molecular weight is 1370 g/mol. The Bertz CT molecular complexity index is 5040. The lowest BCUT2D eigenvalue weighted by Crippen LogP contribution is -2.06. The molecule has 0 unspecified atom stereocenters. The Morgan fingerprint density at radius 3 is 1.14 bits per heavy atom. The maximum Gasteiger partial charge on any atom is 0.343 e. The number of carboxylic acid groups (broad SMARTS) is 4. The van der Waals surface area contributed by atoms with Crippen LogP contribution in [0.5, 0.6) is 46.0 Å². The highest BCUT2D eigenvalue weighted by molar-refractivity contribution is 5.95. The van der Waals surface area contributed by atoms with Gasteiger partial charge in [-0.2, -0.15) is 0 Å². The van der Waals surface area contributed by atoms with Gasteiger partial charge in [-0.05, 0) is 150 Å². The van der Waals surface area contributed by atoms with E-state index < -0.39 is 23.9 Å². The first-order valence-electron chi connectivity index (χ1n) is 32.9. The highest BCUT2D eigenvalue weighted by Crippen LogP contribution is 2.34. The molecule has 0 bridgehead atoms. The molecule has 13 aromatic rings. The van der Waals surface area contributed by atoms with Gasteiger partial charge in [-0.1, -0.05) is 214 Å². The fourth-order valence-corrected chi connectivity index (χ4v) is 11.2. The van der Waals surface area contributed by atoms with E-state index in [1.807, 2.05) is 200 Å². The maximum absolute atomic E-state index is 11.6. The van der Waals surface area contributed by atoms with Gasteiger partial charge in [-0.25, -0.2) is 19.2 Å². The van der Waals surface area contributed by atoms with Crippen LogP contribution in [0.3, 0.4) is 0 Å². The van der Waals surface area contributed by atoms with Gasteiger partial charge >= 0.3 is 23.9 Å². The third-order valence-corrected chi connectivity index (χ3v) is 16.5. The number of hydrogen-bond acceptors (Lipinski definition) is 12. The van der Waals surface area contributed by atoms with Crippen LogP contribution < -0.4 is 33.2 Å². The normalized spacial score (nSPS) is 10.7. The molecule has 13 rings (SSSR count). The summed E-state index contributed by atoms with van der Waals surface area (Å²) in [6.07, 6.45) is 0.937. The first kappa shape index (κ1) is 71.9. The maximum atomic E-state index is 11.6. The smallest absolute Gasteiger partial charge is 0.343 e. The molecule has 0 aliphatic rings. The Balaban J connectivity index is 0.000000147. The largest absolute Gasteiger partial charge is 0.507 e. The predicted molar refractivity (Wildman–Crippen MR) is 395 cm³/mol. The van der Waals surface area contributed by atoms with Crippen molar-refractivity contribution in [3.05, 3.63) is 323 Å². The van der Waals surface area contributed by atoms with E-state index in [9.17, 15) is 44.7 Å². The molecule has 102 heavy (non-hydrogen) atoms. The molecule has 13 aromatic carbocycles. The number of fused-ring (bicyclic) bond motifs is 4. The molecule has 0 aliphatic carbocycles. The van der Waals surface area contributed by atoms with Crippen LogP contribution in [0.15, 0.2) is 267 Å². The molecule has 5 N–H and O–H groups in total. The van der Waals surface area contributed by atoms with Gasteiger partial charge in [0.15, 0.2) is 0 Å². The van der Waals surface area contributed by atoms with Crippen molar-refractivity contribution in [2.45, 2.75) is 60.2 Å². The van der Waals surface area contributed by atoms with Crippen molar-refractivity contribution in [3.63, 3.8) is 0 Å². The molecule has 16 heteroatoms. The minimum Gasteiger partial charge on any atom is -0.507 e. The van der Waals surface area contributed by atoms with E-state index in [1.54, 1.807) is 49.4 Å². The molecule has 0 saturated carbocycles. The Morgan fingerprint density at radius 1 is 0.343 bits per heavy atom. The number of rotatable bonds is 24. The topological polar surface area (TPSA) is 234 Å². The fraction of sp³-hybridized carbons (Fsp3) is 0.140. The number of methoxy groups -OCH3 is 1. The van der Waals surface area contributed by atoms with E-state index in [0.29, 0.717) is 54.5 Å². The lowest BCUT2D eigenvalue weighted by atomic mass is 10.1. The number of carboxylic acids is 4. The summed E-state index contributed by atoms with van der Waals surface area (Å²) in [5.74, 6) is -1.28. The minimum absolute atomic E-state index is 0.0876. The van der Waals surface area contributed by atoms with Crippen LogP contribution in [-0.2, 0) is 33.0 Å². The van der Waals surface area contributed by atoms with Gasteiger partial charge in [0.2, 0.25) is 0 Å². The third kappa shape index (κ3) is 19.3. The van der Waals surface area contributed by atoms with Gasteiger partial charge in [0.1, 0.15) is 101 Å². The van der Waals surface area contributed by atoms with E-state index in [1.165, 1.54) is 31.4 Å². The zero-order valence-electron chi connectivity index (χ0n) is 56.7. The third-order valence-electron chi connectivity index (χ3n) is 16.5. The van der Waals surface area contributed by atoms with Crippen molar-refractivity contribution < 1.29 is 77.9 Å². The van der Waals surface area contributed by atoms with Crippen molar-refractivity contribution in [2.75, 3.05) is 13.7 Å². The summed E-state index contributed by atoms with van der Waals surface area (Å²) >= 11 is 0. The molecule has 0 aliphatic heterocycles. The Labute approximate surface area is 590 Å². The fourth-order valence-electron chi connectivity index (χ4n) is 11.2. The summed E-state index contributed by atoms with van der Waals surface area (Å²) in [4.78, 5) is 45.9. The summed E-state index contributed by atoms with van der Waals surface area (Å²) in [6, 6.07) is 83.2. The van der Waals surface area contributed by atoms with Crippen LogP contribution in [0.1, 0.15) is 95.1 Å². The van der Waals surface area contributed by atoms with Crippen molar-refractivity contribution in [1.29, 1.82) is 0 Å². The van der Waals surface area contributed by atoms with Crippen LogP contribution in [-0.4, -0.2) is 63.1 Å². The summed E-state index contributed by atoms with van der Waals surface area (Å²) in [5.41, 5.74) is 5.86. The van der Waals surface area contributed by atoms with Crippen LogP contribution in [0.4, 0.5) is 0 Å². The average Bonchev–Trinajstić information content (AvgIpc) is 0.830. The first-order valence-corrected chi connectivity index (χ1v) is 32.9. The zero-order valence-corrected chi connectivity index (χ0v) is 56.7. The zero-order chi connectivity index (χ0) is 71.9. The monoisotopic (exact) mass is 1360 g/mol. The summed E-state index contributed by atoms with van der Waals surface area (Å²) in [7, 11) is 1.50. The number of ether oxygens (including phenoxy) is 7. The molecule has 0 atom stereocenters. The Morgan fingerprint density at radius 2 is 0.725 bits per heavy atom. The van der Waals surface area contributed by atoms with Crippen LogP contribution in [0, 0.1) is 12.8 Å². The van der Waals surface area contributed by atoms with Crippen molar-refractivity contribution in [3.8, 4) is 46.0 Å². The molecule has 16 nitrogen and oxygen atoms in total. The highest BCUT2D eigenvalue weighted by Gasteiger charge is 2.20. The minimum atomic E-state index is -1.21. The van der Waals surface area contributed by atoms with Gasteiger partial charge in [0.05, 0.1) is 13.7 Å². The number of aromatic carboxylic acids is 4. The SMILES string of the molecule is CC(C)CCOc1ccc(C(=O)O)c(OCc2cccc3ccccc23)c1.COc1ccc(OCc2cccc3ccccc23)c(C(=O)O)c1.Cc1cc(O)c(C(=O)O)c(OCc2cccc3ccccc23)c1.O=C(O)c1ccc(OCc2ccccc2)cc1OCc1cccc2ccccc12. The van der Waals surface area contributed by atoms with E-state index >= 15 is 0 Å². The number of phenols is 1. The first-order chi connectivity index (χ1) is 49.5. The van der Waals surface area contributed by atoms with Gasteiger partial charge < -0.3 is 58.7 Å². The van der Waals surface area contributed by atoms with E-state index in [-0.39, 0.29) is 59.3 Å². The molecule has 0 spiro atoms. The van der Waals surface area contributed by atoms with Crippen molar-refractivity contribution in [2.24, 2.45) is 5.92 Å². The second-order valence-corrected chi connectivity index (χ2v) is 24.1. The molecular formula is C86H76O16. The van der Waals surface area contributed by atoms with Gasteiger partial charge in [-0.3, -0.25) is 0 Å². The second kappa shape index (κ2) is 35.1. The predicted octanol–water partition coefficient (Wildman–Crippen LogP) is 19.5. The Hall–Kier alpha value is -12.8. The second-order valence-electron chi connectivity index (χ2n) is 24.1. The molecule has 516 valence electrons. The molecule has 0 radical (unpaired) electrons. The lowest BCUT2D eigenvalue weighted by molar-refractivity contribution is 0.0677. The van der Waals surface area contributed by atoms with E-state index in [2.05, 4.69) is 13.8 Å². The van der Waals surface area contributed by atoms with Crippen molar-refractivity contribution >= 4 is 67.0 Å². The van der Waals surface area contributed by atoms with Crippen molar-refractivity contribution in [1.82, 2.24) is 0 Å². The molecule has 0 saturated heterocycles. The Kier molecular flexibility index (Phi) is 24.8. The molecular weight excluding hydrogens is 1290 g/mol. The van der Waals surface area contributed by atoms with Gasteiger partial charge in [-0.15, -0.1) is 0 Å². The van der Waals surface area contributed by atoms with Gasteiger partial charge in [0.25, 0.3) is 0 Å². The van der Waals surface area contributed by atoms with Gasteiger partial charge in [0, 0.05) is 12.1 Å².